The standard InChI is InChI=1S/C13H28N2S/c1-4-12(11-16)9-15(3)10-13-5-7-14(2)8-6-13/h12-13,16H,4-11H2,1-3H3. The van der Waals surface area contributed by atoms with E-state index in [-0.39, 0.29) is 0 Å². The largest absolute Gasteiger partial charge is 0.306 e. The first-order chi connectivity index (χ1) is 7.65. The van der Waals surface area contributed by atoms with Crippen molar-refractivity contribution in [2.45, 2.75) is 26.2 Å². The van der Waals surface area contributed by atoms with Crippen molar-refractivity contribution in [3.8, 4) is 0 Å². The molecular weight excluding hydrogens is 216 g/mol. The highest BCUT2D eigenvalue weighted by Crippen LogP contribution is 2.17. The summed E-state index contributed by atoms with van der Waals surface area (Å²) < 4.78 is 0. The topological polar surface area (TPSA) is 6.48 Å². The molecule has 16 heavy (non-hydrogen) atoms. The van der Waals surface area contributed by atoms with E-state index in [1.165, 1.54) is 45.4 Å². The van der Waals surface area contributed by atoms with Gasteiger partial charge in [0.1, 0.15) is 0 Å². The molecule has 1 unspecified atom stereocenters. The Balaban J connectivity index is 2.20. The van der Waals surface area contributed by atoms with Gasteiger partial charge in [0.05, 0.1) is 0 Å². The minimum absolute atomic E-state index is 0.764. The third kappa shape index (κ3) is 5.07. The van der Waals surface area contributed by atoms with Crippen molar-refractivity contribution in [2.75, 3.05) is 46.0 Å². The number of likely N-dealkylation sites (tertiary alicyclic amines) is 1. The number of piperidine rings is 1. The van der Waals surface area contributed by atoms with Crippen molar-refractivity contribution in [3.05, 3.63) is 0 Å². The summed E-state index contributed by atoms with van der Waals surface area (Å²) in [5, 5.41) is 0. The van der Waals surface area contributed by atoms with Crippen LogP contribution in [0.4, 0.5) is 0 Å². The number of hydrogen-bond donors (Lipinski definition) is 1. The average molecular weight is 244 g/mol. The van der Waals surface area contributed by atoms with Crippen LogP contribution in [-0.4, -0.2) is 55.8 Å². The third-order valence-corrected chi connectivity index (χ3v) is 4.33. The second kappa shape index (κ2) is 7.57. The van der Waals surface area contributed by atoms with E-state index in [1.54, 1.807) is 0 Å². The molecule has 1 heterocycles. The molecule has 0 spiro atoms. The molecule has 1 saturated heterocycles. The maximum absolute atomic E-state index is 4.41. The van der Waals surface area contributed by atoms with E-state index < -0.39 is 0 Å². The zero-order valence-electron chi connectivity index (χ0n) is 11.2. The molecule has 1 aliphatic rings. The second-order valence-electron chi connectivity index (χ2n) is 5.42. The van der Waals surface area contributed by atoms with Crippen LogP contribution in [-0.2, 0) is 0 Å². The number of rotatable bonds is 6. The van der Waals surface area contributed by atoms with Crippen molar-refractivity contribution >= 4 is 12.6 Å². The lowest BCUT2D eigenvalue weighted by molar-refractivity contribution is 0.167. The lowest BCUT2D eigenvalue weighted by atomic mass is 9.96. The van der Waals surface area contributed by atoms with E-state index >= 15 is 0 Å². The number of thiol groups is 1. The molecule has 0 bridgehead atoms. The van der Waals surface area contributed by atoms with Gasteiger partial charge >= 0.3 is 0 Å². The van der Waals surface area contributed by atoms with Gasteiger partial charge in [0.25, 0.3) is 0 Å². The third-order valence-electron chi connectivity index (χ3n) is 3.81. The maximum Gasteiger partial charge on any atom is 0.00144 e. The molecule has 1 atom stereocenters. The van der Waals surface area contributed by atoms with Gasteiger partial charge in [-0.05, 0) is 57.6 Å². The van der Waals surface area contributed by atoms with Gasteiger partial charge in [-0.1, -0.05) is 13.3 Å². The minimum Gasteiger partial charge on any atom is -0.306 e. The van der Waals surface area contributed by atoms with E-state index in [0.717, 1.165) is 17.6 Å². The van der Waals surface area contributed by atoms with Gasteiger partial charge < -0.3 is 9.80 Å². The maximum atomic E-state index is 4.41. The van der Waals surface area contributed by atoms with Crippen LogP contribution in [0.3, 0.4) is 0 Å². The first kappa shape index (κ1) is 14.3. The van der Waals surface area contributed by atoms with Gasteiger partial charge in [-0.3, -0.25) is 0 Å². The highest BCUT2D eigenvalue weighted by Gasteiger charge is 2.18. The summed E-state index contributed by atoms with van der Waals surface area (Å²) in [7, 11) is 4.50. The molecule has 1 rings (SSSR count). The van der Waals surface area contributed by atoms with E-state index in [0.29, 0.717) is 0 Å². The van der Waals surface area contributed by atoms with Crippen LogP contribution in [0.5, 0.6) is 0 Å². The summed E-state index contributed by atoms with van der Waals surface area (Å²) in [6.07, 6.45) is 4.00. The lowest BCUT2D eigenvalue weighted by Crippen LogP contribution is -2.37. The Labute approximate surface area is 107 Å². The average Bonchev–Trinajstić information content (AvgIpc) is 2.29. The normalized spacial score (nSPS) is 21.6. The summed E-state index contributed by atoms with van der Waals surface area (Å²) in [4.78, 5) is 4.96. The van der Waals surface area contributed by atoms with Gasteiger partial charge in [0, 0.05) is 13.1 Å². The van der Waals surface area contributed by atoms with Crippen LogP contribution < -0.4 is 0 Å². The van der Waals surface area contributed by atoms with E-state index in [2.05, 4.69) is 43.4 Å². The van der Waals surface area contributed by atoms with Crippen LogP contribution in [0.2, 0.25) is 0 Å². The van der Waals surface area contributed by atoms with Gasteiger partial charge in [0.15, 0.2) is 0 Å². The van der Waals surface area contributed by atoms with Crippen molar-refractivity contribution in [3.63, 3.8) is 0 Å². The van der Waals surface area contributed by atoms with Crippen LogP contribution in [0.1, 0.15) is 26.2 Å². The number of hydrogen-bond acceptors (Lipinski definition) is 3. The molecule has 0 amide bonds. The Bertz CT molecular complexity index is 175. The second-order valence-corrected chi connectivity index (χ2v) is 5.79. The lowest BCUT2D eigenvalue weighted by Gasteiger charge is -2.32. The predicted octanol–water partition coefficient (Wildman–Crippen LogP) is 2.22. The van der Waals surface area contributed by atoms with E-state index in [9.17, 15) is 0 Å². The monoisotopic (exact) mass is 244 g/mol. The van der Waals surface area contributed by atoms with Gasteiger partial charge in [-0.25, -0.2) is 0 Å². The molecule has 0 aromatic rings. The van der Waals surface area contributed by atoms with E-state index in [4.69, 9.17) is 0 Å². The molecule has 96 valence electrons. The van der Waals surface area contributed by atoms with Crippen molar-refractivity contribution in [1.82, 2.24) is 9.80 Å². The molecule has 0 aliphatic carbocycles. The van der Waals surface area contributed by atoms with E-state index in [1.807, 2.05) is 0 Å². The highest BCUT2D eigenvalue weighted by molar-refractivity contribution is 7.80. The molecule has 1 aliphatic heterocycles. The van der Waals surface area contributed by atoms with Gasteiger partial charge in [-0.2, -0.15) is 12.6 Å². The van der Waals surface area contributed by atoms with Crippen LogP contribution in [0.25, 0.3) is 0 Å². The van der Waals surface area contributed by atoms with Crippen molar-refractivity contribution in [1.29, 1.82) is 0 Å². The molecule has 0 N–H and O–H groups in total. The Morgan fingerprint density at radius 3 is 2.50 bits per heavy atom. The van der Waals surface area contributed by atoms with Crippen LogP contribution >= 0.6 is 12.6 Å². The van der Waals surface area contributed by atoms with Crippen molar-refractivity contribution in [2.24, 2.45) is 11.8 Å². The van der Waals surface area contributed by atoms with Gasteiger partial charge in [-0.15, -0.1) is 0 Å². The summed E-state index contributed by atoms with van der Waals surface area (Å²) in [6.45, 7) is 7.32. The summed E-state index contributed by atoms with van der Waals surface area (Å²) in [6, 6.07) is 0. The molecule has 3 heteroatoms. The predicted molar refractivity (Wildman–Crippen MR) is 75.4 cm³/mol. The fourth-order valence-electron chi connectivity index (χ4n) is 2.52. The Hall–Kier alpha value is 0.270. The summed E-state index contributed by atoms with van der Waals surface area (Å²) in [5.41, 5.74) is 0. The Morgan fingerprint density at radius 2 is 2.00 bits per heavy atom. The molecular formula is C13H28N2S. The Kier molecular flexibility index (Phi) is 6.78. The molecule has 0 saturated carbocycles. The molecule has 0 aromatic heterocycles. The quantitative estimate of drug-likeness (QED) is 0.716. The minimum atomic E-state index is 0.764. The molecule has 1 fully saturated rings. The number of nitrogens with zero attached hydrogens (tertiary/aromatic N) is 2. The van der Waals surface area contributed by atoms with Crippen LogP contribution in [0.15, 0.2) is 0 Å². The Morgan fingerprint density at radius 1 is 1.38 bits per heavy atom. The zero-order chi connectivity index (χ0) is 12.0. The molecule has 0 aromatic carbocycles. The summed E-state index contributed by atoms with van der Waals surface area (Å²) >= 11 is 4.41. The smallest absolute Gasteiger partial charge is 0.00144 e. The highest BCUT2D eigenvalue weighted by atomic mass is 32.1. The first-order valence-electron chi connectivity index (χ1n) is 6.63. The SMILES string of the molecule is CCC(CS)CN(C)CC1CCN(C)CC1. The fraction of sp³-hybridized carbons (Fsp3) is 1.00. The summed E-state index contributed by atoms with van der Waals surface area (Å²) in [5.74, 6) is 2.70. The molecule has 2 nitrogen and oxygen atoms in total. The fourth-order valence-corrected chi connectivity index (χ4v) is 2.89. The van der Waals surface area contributed by atoms with Gasteiger partial charge in [0.2, 0.25) is 0 Å². The van der Waals surface area contributed by atoms with Crippen molar-refractivity contribution < 1.29 is 0 Å². The first-order valence-corrected chi connectivity index (χ1v) is 7.26. The van der Waals surface area contributed by atoms with Crippen LogP contribution in [0, 0.1) is 11.8 Å². The molecule has 0 radical (unpaired) electrons. The zero-order valence-corrected chi connectivity index (χ0v) is 12.0.